The Morgan fingerprint density at radius 3 is 1.91 bits per heavy atom. The SMILES string of the molecule is O=C(NC1CCN(Cc2ccc(Cl)cc2)CC1)c1ccc(CN2CC3(CCN(Cc4ccc(C(F)(F)F)cc4)CC3)OC2=O)cc1. The smallest absolute Gasteiger partial charge is 0.416 e. The number of hydrogen-bond acceptors (Lipinski definition) is 5. The van der Waals surface area contributed by atoms with Gasteiger partial charge in [0.15, 0.2) is 0 Å². The minimum Gasteiger partial charge on any atom is -0.441 e. The number of carbonyl (C=O) groups is 2. The van der Waals surface area contributed by atoms with E-state index in [0.717, 1.165) is 60.8 Å². The van der Waals surface area contributed by atoms with Crippen LogP contribution < -0.4 is 5.32 Å². The molecule has 0 atom stereocenters. The Labute approximate surface area is 272 Å². The molecule has 3 saturated heterocycles. The van der Waals surface area contributed by atoms with Gasteiger partial charge >= 0.3 is 12.3 Å². The summed E-state index contributed by atoms with van der Waals surface area (Å²) >= 11 is 5.99. The zero-order valence-corrected chi connectivity index (χ0v) is 26.3. The van der Waals surface area contributed by atoms with Crippen molar-refractivity contribution in [3.63, 3.8) is 0 Å². The lowest BCUT2D eigenvalue weighted by Crippen LogP contribution is -2.46. The molecule has 1 spiro atoms. The standard InChI is InChI=1S/C35H38ClF3N4O3/c36-30-11-5-26(6-12-30)21-41-17-13-31(14-18-41)40-32(44)28-7-1-27(2-8-28)23-43-24-34(46-33(43)45)15-19-42(20-16-34)22-25-3-9-29(10-4-25)35(37,38)39/h1-12,31H,13-24H2,(H,40,44). The third-order valence-corrected chi connectivity index (χ3v) is 9.58. The van der Waals surface area contributed by atoms with Crippen LogP contribution in [0.5, 0.6) is 0 Å². The Balaban J connectivity index is 0.937. The molecule has 3 heterocycles. The van der Waals surface area contributed by atoms with Crippen molar-refractivity contribution >= 4 is 23.6 Å². The average Bonchev–Trinajstić information content (AvgIpc) is 3.34. The van der Waals surface area contributed by atoms with E-state index in [1.54, 1.807) is 17.0 Å². The Morgan fingerprint density at radius 2 is 1.33 bits per heavy atom. The molecule has 7 nitrogen and oxygen atoms in total. The molecule has 0 aliphatic carbocycles. The van der Waals surface area contributed by atoms with Gasteiger partial charge in [-0.3, -0.25) is 19.5 Å². The molecule has 0 unspecified atom stereocenters. The van der Waals surface area contributed by atoms with E-state index in [0.29, 0.717) is 51.1 Å². The van der Waals surface area contributed by atoms with Crippen LogP contribution in [0.25, 0.3) is 0 Å². The monoisotopic (exact) mass is 654 g/mol. The number of nitrogens with one attached hydrogen (secondary N) is 1. The van der Waals surface area contributed by atoms with Crippen molar-refractivity contribution < 1.29 is 27.5 Å². The molecule has 0 saturated carbocycles. The summed E-state index contributed by atoms with van der Waals surface area (Å²) < 4.78 is 44.5. The Hall–Kier alpha value is -3.60. The third-order valence-electron chi connectivity index (χ3n) is 9.33. The molecule has 244 valence electrons. The van der Waals surface area contributed by atoms with Crippen molar-refractivity contribution in [3.05, 3.63) is 106 Å². The maximum atomic E-state index is 13.0. The molecule has 1 N–H and O–H groups in total. The van der Waals surface area contributed by atoms with Crippen LogP contribution in [0.3, 0.4) is 0 Å². The van der Waals surface area contributed by atoms with Gasteiger partial charge < -0.3 is 10.1 Å². The number of benzene rings is 3. The lowest BCUT2D eigenvalue weighted by Gasteiger charge is -2.37. The molecule has 6 rings (SSSR count). The number of hydrogen-bond donors (Lipinski definition) is 1. The molecule has 0 bridgehead atoms. The summed E-state index contributed by atoms with van der Waals surface area (Å²) in [4.78, 5) is 32.0. The first-order chi connectivity index (χ1) is 22.0. The van der Waals surface area contributed by atoms with Crippen LogP contribution in [0.4, 0.5) is 18.0 Å². The second-order valence-corrected chi connectivity index (χ2v) is 13.2. The summed E-state index contributed by atoms with van der Waals surface area (Å²) in [5.74, 6) is -0.0923. The second kappa shape index (κ2) is 13.6. The van der Waals surface area contributed by atoms with Crippen molar-refractivity contribution in [2.45, 2.75) is 63.1 Å². The van der Waals surface area contributed by atoms with E-state index in [9.17, 15) is 22.8 Å². The molecule has 0 radical (unpaired) electrons. The highest BCUT2D eigenvalue weighted by Gasteiger charge is 2.46. The average molecular weight is 655 g/mol. The molecule has 0 aromatic heterocycles. The van der Waals surface area contributed by atoms with Crippen LogP contribution >= 0.6 is 11.6 Å². The van der Waals surface area contributed by atoms with Gasteiger partial charge in [0.05, 0.1) is 12.1 Å². The Kier molecular flexibility index (Phi) is 9.59. The fraction of sp³-hybridized carbons (Fsp3) is 0.429. The number of alkyl halides is 3. The van der Waals surface area contributed by atoms with Gasteiger partial charge in [-0.15, -0.1) is 0 Å². The predicted molar refractivity (Wildman–Crippen MR) is 169 cm³/mol. The van der Waals surface area contributed by atoms with Gasteiger partial charge in [-0.2, -0.15) is 13.2 Å². The van der Waals surface area contributed by atoms with E-state index >= 15 is 0 Å². The Bertz CT molecular complexity index is 1500. The zero-order valence-electron chi connectivity index (χ0n) is 25.6. The number of carbonyl (C=O) groups excluding carboxylic acids is 2. The van der Waals surface area contributed by atoms with Crippen molar-refractivity contribution in [2.75, 3.05) is 32.7 Å². The number of ether oxygens (including phenoxy) is 1. The molecule has 3 aromatic rings. The lowest BCUT2D eigenvalue weighted by molar-refractivity contribution is -0.137. The van der Waals surface area contributed by atoms with E-state index in [-0.39, 0.29) is 18.0 Å². The lowest BCUT2D eigenvalue weighted by atomic mass is 9.91. The van der Waals surface area contributed by atoms with E-state index in [1.165, 1.54) is 17.7 Å². The Morgan fingerprint density at radius 1 is 0.804 bits per heavy atom. The van der Waals surface area contributed by atoms with Crippen LogP contribution in [0.15, 0.2) is 72.8 Å². The number of amides is 2. The summed E-state index contributed by atoms with van der Waals surface area (Å²) in [6.07, 6.45) is -1.58. The van der Waals surface area contributed by atoms with Gasteiger partial charge in [0.25, 0.3) is 5.91 Å². The predicted octanol–water partition coefficient (Wildman–Crippen LogP) is 6.74. The van der Waals surface area contributed by atoms with Gasteiger partial charge in [-0.1, -0.05) is 48.0 Å². The summed E-state index contributed by atoms with van der Waals surface area (Å²) in [5, 5.41) is 3.91. The van der Waals surface area contributed by atoms with Gasteiger partial charge in [0, 0.05) is 75.3 Å². The molecule has 3 aliphatic rings. The largest absolute Gasteiger partial charge is 0.441 e. The van der Waals surface area contributed by atoms with Crippen molar-refractivity contribution in [3.8, 4) is 0 Å². The zero-order chi connectivity index (χ0) is 32.3. The molecule has 46 heavy (non-hydrogen) atoms. The fourth-order valence-electron chi connectivity index (χ4n) is 6.59. The fourth-order valence-corrected chi connectivity index (χ4v) is 6.71. The molecule has 3 aromatic carbocycles. The van der Waals surface area contributed by atoms with Gasteiger partial charge in [-0.25, -0.2) is 4.79 Å². The highest BCUT2D eigenvalue weighted by Crippen LogP contribution is 2.35. The summed E-state index contributed by atoms with van der Waals surface area (Å²) in [7, 11) is 0. The summed E-state index contributed by atoms with van der Waals surface area (Å²) in [6, 6.07) is 20.7. The number of likely N-dealkylation sites (tertiary alicyclic amines) is 2. The summed E-state index contributed by atoms with van der Waals surface area (Å²) in [5.41, 5.74) is 2.35. The van der Waals surface area contributed by atoms with Crippen LogP contribution in [0.2, 0.25) is 5.02 Å². The number of piperidine rings is 2. The molecule has 3 aliphatic heterocycles. The quantitative estimate of drug-likeness (QED) is 0.292. The van der Waals surface area contributed by atoms with Gasteiger partial charge in [0.1, 0.15) is 5.60 Å². The minimum absolute atomic E-state index is 0.0923. The van der Waals surface area contributed by atoms with E-state index in [1.807, 2.05) is 36.4 Å². The van der Waals surface area contributed by atoms with E-state index in [2.05, 4.69) is 15.1 Å². The minimum atomic E-state index is -4.34. The second-order valence-electron chi connectivity index (χ2n) is 12.7. The molecule has 2 amide bonds. The molecule has 11 heteroatoms. The van der Waals surface area contributed by atoms with Crippen molar-refractivity contribution in [1.29, 1.82) is 0 Å². The number of nitrogens with zero attached hydrogens (tertiary/aromatic N) is 3. The highest BCUT2D eigenvalue weighted by molar-refractivity contribution is 6.30. The summed E-state index contributed by atoms with van der Waals surface area (Å²) in [6.45, 7) is 5.50. The third kappa shape index (κ3) is 8.03. The first-order valence-electron chi connectivity index (χ1n) is 15.8. The highest BCUT2D eigenvalue weighted by atomic mass is 35.5. The topological polar surface area (TPSA) is 65.1 Å². The molecular formula is C35H38ClF3N4O3. The van der Waals surface area contributed by atoms with Gasteiger partial charge in [0.2, 0.25) is 0 Å². The maximum absolute atomic E-state index is 13.0. The molecular weight excluding hydrogens is 617 g/mol. The number of halogens is 4. The van der Waals surface area contributed by atoms with E-state index in [4.69, 9.17) is 16.3 Å². The van der Waals surface area contributed by atoms with E-state index < -0.39 is 17.3 Å². The molecule has 3 fully saturated rings. The van der Waals surface area contributed by atoms with Crippen LogP contribution in [-0.4, -0.2) is 71.1 Å². The normalized spacial score (nSPS) is 19.4. The van der Waals surface area contributed by atoms with Crippen LogP contribution in [0.1, 0.15) is 58.3 Å². The van der Waals surface area contributed by atoms with Crippen molar-refractivity contribution in [1.82, 2.24) is 20.0 Å². The van der Waals surface area contributed by atoms with Crippen LogP contribution in [-0.2, 0) is 30.5 Å². The number of rotatable bonds is 8. The van der Waals surface area contributed by atoms with Crippen LogP contribution in [0, 0.1) is 0 Å². The van der Waals surface area contributed by atoms with Gasteiger partial charge in [-0.05, 0) is 65.9 Å². The first-order valence-corrected chi connectivity index (χ1v) is 16.1. The van der Waals surface area contributed by atoms with Crippen molar-refractivity contribution in [2.24, 2.45) is 0 Å². The maximum Gasteiger partial charge on any atom is 0.416 e. The first kappa shape index (κ1) is 32.3.